The van der Waals surface area contributed by atoms with Crippen molar-refractivity contribution in [3.05, 3.63) is 59.7 Å². The summed E-state index contributed by atoms with van der Waals surface area (Å²) >= 11 is 0. The Morgan fingerprint density at radius 3 is 2.11 bits per heavy atom. The summed E-state index contributed by atoms with van der Waals surface area (Å²) in [5.41, 5.74) is 5.72. The van der Waals surface area contributed by atoms with Gasteiger partial charge in [-0.15, -0.1) is 0 Å². The van der Waals surface area contributed by atoms with E-state index in [1.54, 1.807) is 0 Å². The highest BCUT2D eigenvalue weighted by atomic mass is 14.1. The Balaban J connectivity index is 2.55. The molecule has 0 heteroatoms. The first-order valence-corrected chi connectivity index (χ1v) is 6.91. The third-order valence-electron chi connectivity index (χ3n) is 3.41. The zero-order chi connectivity index (χ0) is 13.0. The van der Waals surface area contributed by atoms with Gasteiger partial charge in [0.15, 0.2) is 0 Å². The fourth-order valence-electron chi connectivity index (χ4n) is 2.52. The van der Waals surface area contributed by atoms with E-state index in [9.17, 15) is 0 Å². The molecular formula is C18H22. The molecule has 0 saturated heterocycles. The largest absolute Gasteiger partial charge is 0.0651 e. The molecular weight excluding hydrogens is 216 g/mol. The number of hydrogen-bond acceptors (Lipinski definition) is 0. The van der Waals surface area contributed by atoms with Crippen molar-refractivity contribution in [1.82, 2.24) is 0 Å². The summed E-state index contributed by atoms with van der Waals surface area (Å²) in [7, 11) is 0. The van der Waals surface area contributed by atoms with E-state index >= 15 is 0 Å². The minimum absolute atomic E-state index is 0.566. The zero-order valence-electron chi connectivity index (χ0n) is 11.6. The molecule has 0 N–H and O–H groups in total. The van der Waals surface area contributed by atoms with Crippen LogP contribution in [0.4, 0.5) is 0 Å². The first kappa shape index (κ1) is 12.9. The number of aryl methyl sites for hydroxylation is 1. The van der Waals surface area contributed by atoms with E-state index in [1.165, 1.54) is 28.7 Å². The second-order valence-corrected chi connectivity index (χ2v) is 5.15. The normalized spacial score (nSPS) is 10.9. The van der Waals surface area contributed by atoms with Gasteiger partial charge in [-0.2, -0.15) is 0 Å². The predicted octanol–water partition coefficient (Wildman–Crippen LogP) is 5.43. The highest BCUT2D eigenvalue weighted by Gasteiger charge is 2.10. The summed E-state index contributed by atoms with van der Waals surface area (Å²) < 4.78 is 0. The minimum atomic E-state index is 0.566. The van der Waals surface area contributed by atoms with Gasteiger partial charge in [-0.25, -0.2) is 0 Å². The molecule has 0 aliphatic carbocycles. The maximum Gasteiger partial charge on any atom is -0.0147 e. The van der Waals surface area contributed by atoms with Crippen molar-refractivity contribution in [3.8, 4) is 11.1 Å². The van der Waals surface area contributed by atoms with Gasteiger partial charge in [0.25, 0.3) is 0 Å². The predicted molar refractivity (Wildman–Crippen MR) is 80.0 cm³/mol. The van der Waals surface area contributed by atoms with Crippen LogP contribution in [0.1, 0.15) is 44.2 Å². The first-order chi connectivity index (χ1) is 8.74. The van der Waals surface area contributed by atoms with Crippen LogP contribution in [0, 0.1) is 0 Å². The van der Waals surface area contributed by atoms with Crippen LogP contribution < -0.4 is 0 Å². The van der Waals surface area contributed by atoms with Crippen LogP contribution in [-0.2, 0) is 6.42 Å². The molecule has 0 aliphatic heterocycles. The fourth-order valence-corrected chi connectivity index (χ4v) is 2.52. The fraction of sp³-hybridized carbons (Fsp3) is 0.333. The Kier molecular flexibility index (Phi) is 4.19. The molecule has 94 valence electrons. The van der Waals surface area contributed by atoms with Crippen LogP contribution in [0.25, 0.3) is 11.1 Å². The summed E-state index contributed by atoms with van der Waals surface area (Å²) in [5.74, 6) is 0.566. The molecule has 0 nitrogen and oxygen atoms in total. The average Bonchev–Trinajstić information content (AvgIpc) is 2.40. The molecule has 0 saturated carbocycles. The summed E-state index contributed by atoms with van der Waals surface area (Å²) in [6.07, 6.45) is 2.35. The van der Waals surface area contributed by atoms with Gasteiger partial charge in [-0.3, -0.25) is 0 Å². The van der Waals surface area contributed by atoms with Gasteiger partial charge in [0, 0.05) is 0 Å². The van der Waals surface area contributed by atoms with Gasteiger partial charge >= 0.3 is 0 Å². The maximum absolute atomic E-state index is 2.27. The molecule has 0 unspecified atom stereocenters. The van der Waals surface area contributed by atoms with Crippen molar-refractivity contribution in [2.75, 3.05) is 0 Å². The summed E-state index contributed by atoms with van der Waals surface area (Å²) in [6, 6.07) is 17.6. The lowest BCUT2D eigenvalue weighted by Crippen LogP contribution is -1.95. The van der Waals surface area contributed by atoms with E-state index in [1.807, 2.05) is 0 Å². The molecule has 18 heavy (non-hydrogen) atoms. The van der Waals surface area contributed by atoms with E-state index in [0.29, 0.717) is 5.92 Å². The van der Waals surface area contributed by atoms with Crippen molar-refractivity contribution in [1.29, 1.82) is 0 Å². The van der Waals surface area contributed by atoms with Crippen LogP contribution in [0.5, 0.6) is 0 Å². The highest BCUT2D eigenvalue weighted by molar-refractivity contribution is 5.71. The number of hydrogen-bond donors (Lipinski definition) is 0. The van der Waals surface area contributed by atoms with Crippen LogP contribution in [-0.4, -0.2) is 0 Å². The van der Waals surface area contributed by atoms with E-state index in [2.05, 4.69) is 69.3 Å². The Hall–Kier alpha value is -1.56. The Bertz CT molecular complexity index is 509. The Morgan fingerprint density at radius 2 is 1.44 bits per heavy atom. The van der Waals surface area contributed by atoms with Crippen molar-refractivity contribution in [3.63, 3.8) is 0 Å². The summed E-state index contributed by atoms with van der Waals surface area (Å²) in [4.78, 5) is 0. The first-order valence-electron chi connectivity index (χ1n) is 6.91. The van der Waals surface area contributed by atoms with Gasteiger partial charge in [0.2, 0.25) is 0 Å². The number of rotatable bonds is 4. The highest BCUT2D eigenvalue weighted by Crippen LogP contribution is 2.31. The van der Waals surface area contributed by atoms with Gasteiger partial charge in [-0.1, -0.05) is 75.7 Å². The van der Waals surface area contributed by atoms with E-state index in [-0.39, 0.29) is 0 Å². The van der Waals surface area contributed by atoms with Crippen molar-refractivity contribution >= 4 is 0 Å². The van der Waals surface area contributed by atoms with Crippen LogP contribution in [0.3, 0.4) is 0 Å². The third kappa shape index (κ3) is 2.64. The van der Waals surface area contributed by atoms with Crippen LogP contribution in [0.15, 0.2) is 48.5 Å². The lowest BCUT2D eigenvalue weighted by molar-refractivity contribution is 0.867. The summed E-state index contributed by atoms with van der Waals surface area (Å²) in [6.45, 7) is 6.77. The SMILES string of the molecule is CCCc1ccccc1-c1ccccc1C(C)C. The van der Waals surface area contributed by atoms with Crippen LogP contribution >= 0.6 is 0 Å². The quantitative estimate of drug-likeness (QED) is 0.666. The topological polar surface area (TPSA) is 0 Å². The molecule has 0 aromatic heterocycles. The average molecular weight is 238 g/mol. The molecule has 0 spiro atoms. The molecule has 0 radical (unpaired) electrons. The molecule has 0 heterocycles. The second-order valence-electron chi connectivity index (χ2n) is 5.15. The monoisotopic (exact) mass is 238 g/mol. The Labute approximate surface area is 111 Å². The Morgan fingerprint density at radius 1 is 0.833 bits per heavy atom. The minimum Gasteiger partial charge on any atom is -0.0651 e. The third-order valence-corrected chi connectivity index (χ3v) is 3.41. The van der Waals surface area contributed by atoms with Crippen LogP contribution in [0.2, 0.25) is 0 Å². The van der Waals surface area contributed by atoms with Crippen molar-refractivity contribution < 1.29 is 0 Å². The lowest BCUT2D eigenvalue weighted by atomic mass is 9.89. The summed E-state index contributed by atoms with van der Waals surface area (Å²) in [5, 5.41) is 0. The smallest absolute Gasteiger partial charge is 0.0147 e. The lowest BCUT2D eigenvalue weighted by Gasteiger charge is -2.15. The van der Waals surface area contributed by atoms with Crippen molar-refractivity contribution in [2.24, 2.45) is 0 Å². The molecule has 0 amide bonds. The molecule has 2 rings (SSSR count). The standard InChI is InChI=1S/C18H22/c1-4-9-15-10-5-6-12-17(15)18-13-8-7-11-16(18)14(2)3/h5-8,10-14H,4,9H2,1-3H3. The number of benzene rings is 2. The molecule has 0 aliphatic rings. The molecule has 2 aromatic carbocycles. The molecule has 0 atom stereocenters. The van der Waals surface area contributed by atoms with Gasteiger partial charge in [0.1, 0.15) is 0 Å². The van der Waals surface area contributed by atoms with E-state index in [0.717, 1.165) is 6.42 Å². The maximum atomic E-state index is 2.27. The molecule has 0 fully saturated rings. The molecule has 2 aromatic rings. The van der Waals surface area contributed by atoms with Crippen molar-refractivity contribution in [2.45, 2.75) is 39.5 Å². The van der Waals surface area contributed by atoms with E-state index < -0.39 is 0 Å². The van der Waals surface area contributed by atoms with Gasteiger partial charge in [-0.05, 0) is 34.6 Å². The van der Waals surface area contributed by atoms with E-state index in [4.69, 9.17) is 0 Å². The van der Waals surface area contributed by atoms with Gasteiger partial charge in [0.05, 0.1) is 0 Å². The molecule has 0 bridgehead atoms. The second kappa shape index (κ2) is 5.86. The zero-order valence-corrected chi connectivity index (χ0v) is 11.6. The van der Waals surface area contributed by atoms with Gasteiger partial charge < -0.3 is 0 Å².